The van der Waals surface area contributed by atoms with Crippen LogP contribution in [0.15, 0.2) is 42.0 Å². The van der Waals surface area contributed by atoms with Gasteiger partial charge in [0.15, 0.2) is 5.88 Å². The predicted molar refractivity (Wildman–Crippen MR) is 82.5 cm³/mol. The zero-order valence-corrected chi connectivity index (χ0v) is 12.1. The van der Waals surface area contributed by atoms with E-state index in [0.717, 1.165) is 16.6 Å². The van der Waals surface area contributed by atoms with E-state index in [-0.39, 0.29) is 5.88 Å². The molecule has 0 aliphatic heterocycles. The van der Waals surface area contributed by atoms with Crippen LogP contribution in [0.5, 0.6) is 0 Å². The summed E-state index contributed by atoms with van der Waals surface area (Å²) < 4.78 is 7.07. The lowest BCUT2D eigenvalue weighted by atomic mass is 10.2. The van der Waals surface area contributed by atoms with Crippen molar-refractivity contribution in [3.05, 3.63) is 47.8 Å². The van der Waals surface area contributed by atoms with Crippen LogP contribution in [0.2, 0.25) is 5.15 Å². The van der Waals surface area contributed by atoms with E-state index >= 15 is 0 Å². The summed E-state index contributed by atoms with van der Waals surface area (Å²) in [7, 11) is 3.43. The first kappa shape index (κ1) is 14.1. The van der Waals surface area contributed by atoms with Gasteiger partial charge in [0.2, 0.25) is 0 Å². The van der Waals surface area contributed by atoms with E-state index in [4.69, 9.17) is 22.1 Å². The first-order valence-corrected chi connectivity index (χ1v) is 6.25. The standard InChI is InChI=1S/C14H15ClN4O/c1-4-17-7-10(14(16)20-3)11-5-9-6-13(15)18-8-12(9)19(11)2/h4-8H,1,16H2,2-3H3/b14-10-,17-7-. The van der Waals surface area contributed by atoms with E-state index in [1.165, 1.54) is 13.3 Å². The largest absolute Gasteiger partial charge is 0.482 e. The Morgan fingerprint density at radius 3 is 2.95 bits per heavy atom. The second-order valence-electron chi connectivity index (χ2n) is 4.10. The molecular formula is C14H15ClN4O. The molecule has 0 aliphatic carbocycles. The summed E-state index contributed by atoms with van der Waals surface area (Å²) >= 11 is 5.91. The molecule has 0 bridgehead atoms. The molecule has 2 heterocycles. The monoisotopic (exact) mass is 290 g/mol. The van der Waals surface area contributed by atoms with Crippen molar-refractivity contribution in [1.29, 1.82) is 0 Å². The van der Waals surface area contributed by atoms with Crippen LogP contribution in [0.25, 0.3) is 16.5 Å². The second-order valence-corrected chi connectivity index (χ2v) is 4.48. The Kier molecular flexibility index (Phi) is 4.10. The van der Waals surface area contributed by atoms with Gasteiger partial charge >= 0.3 is 0 Å². The summed E-state index contributed by atoms with van der Waals surface area (Å²) in [6.07, 6.45) is 4.76. The minimum Gasteiger partial charge on any atom is -0.482 e. The highest BCUT2D eigenvalue weighted by Gasteiger charge is 2.13. The predicted octanol–water partition coefficient (Wildman–Crippen LogP) is 2.71. The van der Waals surface area contributed by atoms with Crippen molar-refractivity contribution in [2.45, 2.75) is 0 Å². The fourth-order valence-electron chi connectivity index (χ4n) is 1.96. The lowest BCUT2D eigenvalue weighted by Crippen LogP contribution is -2.07. The number of halogens is 1. The molecule has 2 rings (SSSR count). The Bertz CT molecular complexity index is 715. The molecule has 0 amide bonds. The number of nitrogens with zero attached hydrogens (tertiary/aromatic N) is 3. The number of nitrogens with two attached hydrogens (primary N) is 1. The van der Waals surface area contributed by atoms with Crippen LogP contribution in [0, 0.1) is 0 Å². The van der Waals surface area contributed by atoms with Crippen LogP contribution in [-0.4, -0.2) is 22.9 Å². The number of aromatic nitrogens is 2. The average molecular weight is 291 g/mol. The van der Waals surface area contributed by atoms with Gasteiger partial charge in [-0.1, -0.05) is 18.2 Å². The van der Waals surface area contributed by atoms with Crippen LogP contribution >= 0.6 is 11.6 Å². The number of methoxy groups -OCH3 is 1. The molecule has 0 saturated heterocycles. The SMILES string of the molecule is C=C/N=C\C(=C(/N)OC)c1cc2cc(Cl)ncc2n1C. The van der Waals surface area contributed by atoms with Gasteiger partial charge in [-0.25, -0.2) is 4.98 Å². The Morgan fingerprint density at radius 2 is 2.30 bits per heavy atom. The molecule has 0 spiro atoms. The van der Waals surface area contributed by atoms with Gasteiger partial charge in [0.05, 0.1) is 30.1 Å². The Hall–Kier alpha value is -2.27. The third kappa shape index (κ3) is 2.53. The van der Waals surface area contributed by atoms with Crippen molar-refractivity contribution in [3.8, 4) is 0 Å². The van der Waals surface area contributed by atoms with Gasteiger partial charge in [-0.05, 0) is 12.1 Å². The van der Waals surface area contributed by atoms with Crippen molar-refractivity contribution >= 4 is 34.3 Å². The summed E-state index contributed by atoms with van der Waals surface area (Å²) in [5.74, 6) is 0.278. The third-order valence-corrected chi connectivity index (χ3v) is 3.17. The van der Waals surface area contributed by atoms with Gasteiger partial charge in [-0.3, -0.25) is 4.99 Å². The van der Waals surface area contributed by atoms with Crippen LogP contribution in [0.1, 0.15) is 5.69 Å². The molecule has 104 valence electrons. The lowest BCUT2D eigenvalue weighted by molar-refractivity contribution is 0.290. The van der Waals surface area contributed by atoms with Gasteiger partial charge in [-0.15, -0.1) is 0 Å². The molecule has 0 radical (unpaired) electrons. The number of aryl methyl sites for hydroxylation is 1. The summed E-state index contributed by atoms with van der Waals surface area (Å²) in [6.45, 7) is 3.55. The molecule has 2 aromatic heterocycles. The molecule has 0 atom stereocenters. The molecule has 0 aromatic carbocycles. The number of rotatable bonds is 4. The molecule has 2 aromatic rings. The average Bonchev–Trinajstić information content (AvgIpc) is 2.75. The van der Waals surface area contributed by atoms with E-state index in [1.807, 2.05) is 17.7 Å². The van der Waals surface area contributed by atoms with E-state index in [1.54, 1.807) is 18.5 Å². The van der Waals surface area contributed by atoms with Crippen LogP contribution in [0.4, 0.5) is 0 Å². The molecule has 2 N–H and O–H groups in total. The lowest BCUT2D eigenvalue weighted by Gasteiger charge is -2.08. The van der Waals surface area contributed by atoms with E-state index in [2.05, 4.69) is 16.6 Å². The van der Waals surface area contributed by atoms with Crippen LogP contribution in [0.3, 0.4) is 0 Å². The minimum absolute atomic E-state index is 0.278. The fourth-order valence-corrected chi connectivity index (χ4v) is 2.12. The van der Waals surface area contributed by atoms with Crippen molar-refractivity contribution in [2.75, 3.05) is 7.11 Å². The van der Waals surface area contributed by atoms with E-state index < -0.39 is 0 Å². The zero-order valence-electron chi connectivity index (χ0n) is 11.3. The van der Waals surface area contributed by atoms with Gasteiger partial charge in [0.1, 0.15) is 5.15 Å². The highest BCUT2D eigenvalue weighted by atomic mass is 35.5. The first-order chi connectivity index (χ1) is 9.58. The normalized spacial score (nSPS) is 12.8. The molecular weight excluding hydrogens is 276 g/mol. The number of hydrogen-bond donors (Lipinski definition) is 1. The molecule has 5 nitrogen and oxygen atoms in total. The van der Waals surface area contributed by atoms with Gasteiger partial charge < -0.3 is 15.0 Å². The molecule has 0 unspecified atom stereocenters. The summed E-state index contributed by atoms with van der Waals surface area (Å²) in [5.41, 5.74) is 8.35. The highest BCUT2D eigenvalue weighted by molar-refractivity contribution is 6.30. The maximum atomic E-state index is 5.91. The van der Waals surface area contributed by atoms with Crippen molar-refractivity contribution in [1.82, 2.24) is 9.55 Å². The van der Waals surface area contributed by atoms with E-state index in [0.29, 0.717) is 10.7 Å². The van der Waals surface area contributed by atoms with Crippen molar-refractivity contribution < 1.29 is 4.74 Å². The Labute approximate surface area is 122 Å². The van der Waals surface area contributed by atoms with Crippen molar-refractivity contribution in [2.24, 2.45) is 17.8 Å². The topological polar surface area (TPSA) is 65.4 Å². The summed E-state index contributed by atoms with van der Waals surface area (Å²) in [6, 6.07) is 3.75. The van der Waals surface area contributed by atoms with Crippen molar-refractivity contribution in [3.63, 3.8) is 0 Å². The molecule has 6 heteroatoms. The number of ether oxygens (including phenoxy) is 1. The first-order valence-electron chi connectivity index (χ1n) is 5.87. The quantitative estimate of drug-likeness (QED) is 0.535. The number of allylic oxidation sites excluding steroid dienone is 1. The van der Waals surface area contributed by atoms with Crippen LogP contribution < -0.4 is 5.73 Å². The fraction of sp³-hybridized carbons (Fsp3) is 0.143. The number of pyridine rings is 1. The molecule has 0 aliphatic rings. The molecule has 0 fully saturated rings. The number of aliphatic imine (C=N–C) groups is 1. The minimum atomic E-state index is 0.278. The summed E-state index contributed by atoms with van der Waals surface area (Å²) in [4.78, 5) is 8.10. The number of hydrogen-bond acceptors (Lipinski definition) is 4. The highest BCUT2D eigenvalue weighted by Crippen LogP contribution is 2.25. The number of fused-ring (bicyclic) bond motifs is 1. The second kappa shape index (κ2) is 5.79. The molecule has 0 saturated carbocycles. The van der Waals surface area contributed by atoms with Crippen LogP contribution in [-0.2, 0) is 11.8 Å². The maximum Gasteiger partial charge on any atom is 0.194 e. The summed E-state index contributed by atoms with van der Waals surface area (Å²) in [5, 5.41) is 1.41. The third-order valence-electron chi connectivity index (χ3n) is 2.97. The van der Waals surface area contributed by atoms with Gasteiger partial charge in [0, 0.05) is 24.8 Å². The zero-order chi connectivity index (χ0) is 14.7. The smallest absolute Gasteiger partial charge is 0.194 e. The maximum absolute atomic E-state index is 5.91. The van der Waals surface area contributed by atoms with Gasteiger partial charge in [0.25, 0.3) is 0 Å². The van der Waals surface area contributed by atoms with Gasteiger partial charge in [-0.2, -0.15) is 0 Å². The Balaban J connectivity index is 2.68. The molecule has 20 heavy (non-hydrogen) atoms. The Morgan fingerprint density at radius 1 is 1.55 bits per heavy atom. The van der Waals surface area contributed by atoms with E-state index in [9.17, 15) is 0 Å².